The first-order valence-electron chi connectivity index (χ1n) is 13.9. The van der Waals surface area contributed by atoms with E-state index in [0.717, 1.165) is 82.0 Å². The number of halogens is 1. The molecule has 6 rings (SSSR count). The standard InChI is InChI=1S/C30H37FN4OS/c31-24-10-12-25(13-11-24)35-22-28(26-8-2-3-9-27(26)35)33-20-18-32(19-21-33)16-6-7-17-34-23-37-30(29(34)36)14-4-1-5-15-30/h2-3,8-13,22H,1,4-7,14-21,23H2. The smallest absolute Gasteiger partial charge is 0.239 e. The molecule has 0 unspecified atom stereocenters. The van der Waals surface area contributed by atoms with Gasteiger partial charge in [-0.3, -0.25) is 9.69 Å². The third kappa shape index (κ3) is 5.00. The maximum Gasteiger partial charge on any atom is 0.239 e. The Balaban J connectivity index is 1.01. The molecule has 196 valence electrons. The first-order valence-corrected chi connectivity index (χ1v) is 14.9. The summed E-state index contributed by atoms with van der Waals surface area (Å²) in [6.45, 7) is 6.12. The lowest BCUT2D eigenvalue weighted by Gasteiger charge is -2.36. The molecule has 1 aromatic heterocycles. The van der Waals surface area contributed by atoms with Crippen molar-refractivity contribution in [2.45, 2.75) is 49.7 Å². The zero-order chi connectivity index (χ0) is 25.2. The van der Waals surface area contributed by atoms with Crippen LogP contribution < -0.4 is 4.90 Å². The normalized spacial score (nSPS) is 20.4. The van der Waals surface area contributed by atoms with Crippen LogP contribution in [0.15, 0.2) is 54.7 Å². The first kappa shape index (κ1) is 24.8. The van der Waals surface area contributed by atoms with E-state index in [9.17, 15) is 9.18 Å². The third-order valence-electron chi connectivity index (χ3n) is 8.50. The molecule has 1 spiro atoms. The lowest BCUT2D eigenvalue weighted by atomic mass is 9.87. The Bertz CT molecular complexity index is 1230. The molecule has 7 heteroatoms. The minimum Gasteiger partial charge on any atom is -0.367 e. The number of hydrogen-bond acceptors (Lipinski definition) is 4. The fraction of sp³-hybridized carbons (Fsp3) is 0.500. The van der Waals surface area contributed by atoms with Crippen molar-refractivity contribution >= 4 is 34.3 Å². The Morgan fingerprint density at radius 3 is 2.38 bits per heavy atom. The zero-order valence-corrected chi connectivity index (χ0v) is 22.4. The van der Waals surface area contributed by atoms with Gasteiger partial charge in [-0.25, -0.2) is 4.39 Å². The number of benzene rings is 2. The highest BCUT2D eigenvalue weighted by atomic mass is 32.2. The highest BCUT2D eigenvalue weighted by Crippen LogP contribution is 2.46. The molecule has 3 aliphatic rings. The number of nitrogens with zero attached hydrogens (tertiary/aromatic N) is 4. The van der Waals surface area contributed by atoms with E-state index in [-0.39, 0.29) is 10.6 Å². The SMILES string of the molecule is O=C1N(CCCCN2CCN(c3cn(-c4ccc(F)cc4)c4ccccc34)CC2)CSC12CCCCC2. The Hall–Kier alpha value is -2.51. The molecular weight excluding hydrogens is 483 g/mol. The molecule has 1 aliphatic carbocycles. The highest BCUT2D eigenvalue weighted by Gasteiger charge is 2.47. The Labute approximate surface area is 223 Å². The van der Waals surface area contributed by atoms with Crippen molar-refractivity contribution in [2.75, 3.05) is 50.0 Å². The summed E-state index contributed by atoms with van der Waals surface area (Å²) in [6.07, 6.45) is 10.3. The van der Waals surface area contributed by atoms with Crippen LogP contribution in [-0.2, 0) is 4.79 Å². The van der Waals surface area contributed by atoms with Crippen LogP contribution in [0.4, 0.5) is 10.1 Å². The summed E-state index contributed by atoms with van der Waals surface area (Å²) in [6, 6.07) is 15.2. The minimum absolute atomic E-state index is 0.0750. The fourth-order valence-corrected chi connectivity index (χ4v) is 7.82. The Morgan fingerprint density at radius 2 is 1.59 bits per heavy atom. The van der Waals surface area contributed by atoms with Gasteiger partial charge in [0.2, 0.25) is 5.91 Å². The van der Waals surface area contributed by atoms with Gasteiger partial charge in [-0.15, -0.1) is 11.8 Å². The van der Waals surface area contributed by atoms with Gasteiger partial charge in [-0.05, 0) is 62.6 Å². The lowest BCUT2D eigenvalue weighted by molar-refractivity contribution is -0.132. The molecule has 3 heterocycles. The summed E-state index contributed by atoms with van der Waals surface area (Å²) < 4.78 is 15.6. The zero-order valence-electron chi connectivity index (χ0n) is 21.6. The number of hydrogen-bond donors (Lipinski definition) is 0. The van der Waals surface area contributed by atoms with Gasteiger partial charge >= 0.3 is 0 Å². The lowest BCUT2D eigenvalue weighted by Crippen LogP contribution is -2.46. The quantitative estimate of drug-likeness (QED) is 0.363. The number of rotatable bonds is 7. The number of carbonyl (C=O) groups excluding carboxylic acids is 1. The van der Waals surface area contributed by atoms with E-state index >= 15 is 0 Å². The molecule has 0 N–H and O–H groups in total. The molecule has 2 saturated heterocycles. The molecule has 2 aliphatic heterocycles. The van der Waals surface area contributed by atoms with Gasteiger partial charge in [0.1, 0.15) is 5.82 Å². The van der Waals surface area contributed by atoms with Gasteiger partial charge in [0.15, 0.2) is 0 Å². The van der Waals surface area contributed by atoms with E-state index in [1.54, 1.807) is 0 Å². The van der Waals surface area contributed by atoms with Gasteiger partial charge in [0, 0.05) is 50.0 Å². The number of carbonyl (C=O) groups is 1. The van der Waals surface area contributed by atoms with E-state index in [1.165, 1.54) is 42.5 Å². The van der Waals surface area contributed by atoms with Crippen LogP contribution in [0.3, 0.4) is 0 Å². The van der Waals surface area contributed by atoms with Crippen molar-refractivity contribution in [1.29, 1.82) is 0 Å². The van der Waals surface area contributed by atoms with Gasteiger partial charge in [0.25, 0.3) is 0 Å². The molecule has 3 aromatic rings. The van der Waals surface area contributed by atoms with Crippen molar-refractivity contribution in [3.8, 4) is 5.69 Å². The number of amides is 1. The summed E-state index contributed by atoms with van der Waals surface area (Å²) >= 11 is 1.91. The molecular formula is C30H37FN4OS. The molecule has 0 radical (unpaired) electrons. The molecule has 1 saturated carbocycles. The fourth-order valence-electron chi connectivity index (χ4n) is 6.34. The Morgan fingerprint density at radius 1 is 0.865 bits per heavy atom. The van der Waals surface area contributed by atoms with E-state index in [2.05, 4.69) is 49.7 Å². The van der Waals surface area contributed by atoms with Crippen LogP contribution in [0.2, 0.25) is 0 Å². The molecule has 2 aromatic carbocycles. The van der Waals surface area contributed by atoms with Gasteiger partial charge < -0.3 is 14.4 Å². The number of aromatic nitrogens is 1. The van der Waals surface area contributed by atoms with E-state index < -0.39 is 0 Å². The van der Waals surface area contributed by atoms with Crippen LogP contribution in [0.5, 0.6) is 0 Å². The van der Waals surface area contributed by atoms with Gasteiger partial charge in [-0.2, -0.15) is 0 Å². The monoisotopic (exact) mass is 520 g/mol. The summed E-state index contributed by atoms with van der Waals surface area (Å²) in [5.74, 6) is 1.10. The summed E-state index contributed by atoms with van der Waals surface area (Å²) in [4.78, 5) is 20.2. The summed E-state index contributed by atoms with van der Waals surface area (Å²) in [5, 5.41) is 1.24. The molecule has 0 bridgehead atoms. The number of unbranched alkanes of at least 4 members (excludes halogenated alkanes) is 1. The van der Waals surface area contributed by atoms with Crippen molar-refractivity contribution in [3.63, 3.8) is 0 Å². The second-order valence-electron chi connectivity index (χ2n) is 10.8. The topological polar surface area (TPSA) is 31.7 Å². The maximum absolute atomic E-state index is 13.5. The minimum atomic E-state index is -0.212. The molecule has 0 atom stereocenters. The molecule has 5 nitrogen and oxygen atoms in total. The predicted molar refractivity (Wildman–Crippen MR) is 151 cm³/mol. The number of thioether (sulfide) groups is 1. The predicted octanol–water partition coefficient (Wildman–Crippen LogP) is 5.91. The molecule has 37 heavy (non-hydrogen) atoms. The van der Waals surface area contributed by atoms with Crippen molar-refractivity contribution in [1.82, 2.24) is 14.4 Å². The second kappa shape index (κ2) is 10.7. The number of fused-ring (bicyclic) bond motifs is 1. The number of piperazine rings is 1. The Kier molecular flexibility index (Phi) is 7.17. The third-order valence-corrected chi connectivity index (χ3v) is 10.1. The summed E-state index contributed by atoms with van der Waals surface area (Å²) in [7, 11) is 0. The van der Waals surface area contributed by atoms with Crippen LogP contribution in [-0.4, -0.2) is 70.2 Å². The van der Waals surface area contributed by atoms with Crippen LogP contribution in [0.25, 0.3) is 16.6 Å². The van der Waals surface area contributed by atoms with Crippen LogP contribution >= 0.6 is 11.8 Å². The van der Waals surface area contributed by atoms with Crippen LogP contribution in [0.1, 0.15) is 44.9 Å². The maximum atomic E-state index is 13.5. The van der Waals surface area contributed by atoms with Crippen LogP contribution in [0, 0.1) is 5.82 Å². The second-order valence-corrected chi connectivity index (χ2v) is 12.1. The first-order chi connectivity index (χ1) is 18.1. The van der Waals surface area contributed by atoms with Crippen molar-refractivity contribution < 1.29 is 9.18 Å². The van der Waals surface area contributed by atoms with E-state index in [4.69, 9.17) is 0 Å². The summed E-state index contributed by atoms with van der Waals surface area (Å²) in [5.41, 5.74) is 3.38. The van der Waals surface area contributed by atoms with Crippen molar-refractivity contribution in [2.24, 2.45) is 0 Å². The average Bonchev–Trinajstić information content (AvgIpc) is 3.46. The molecule has 1 amide bonds. The average molecular weight is 521 g/mol. The number of anilines is 1. The van der Waals surface area contributed by atoms with Crippen molar-refractivity contribution in [3.05, 3.63) is 60.5 Å². The highest BCUT2D eigenvalue weighted by molar-refractivity contribution is 8.01. The van der Waals surface area contributed by atoms with Gasteiger partial charge in [0.05, 0.1) is 21.8 Å². The van der Waals surface area contributed by atoms with Gasteiger partial charge in [-0.1, -0.05) is 37.5 Å². The number of para-hydroxylation sites is 1. The largest absolute Gasteiger partial charge is 0.367 e. The van der Waals surface area contributed by atoms with E-state index in [1.807, 2.05) is 23.9 Å². The molecule has 3 fully saturated rings. The van der Waals surface area contributed by atoms with E-state index in [0.29, 0.717) is 5.91 Å².